The Morgan fingerprint density at radius 3 is 2.52 bits per heavy atom. The summed E-state index contributed by atoms with van der Waals surface area (Å²) in [6.07, 6.45) is 2.45. The van der Waals surface area contributed by atoms with Crippen LogP contribution in [0.3, 0.4) is 0 Å². The molecule has 0 aliphatic rings. The molecular formula is C22H16N4O. The Balaban J connectivity index is 1.61. The fourth-order valence-electron chi connectivity index (χ4n) is 3.47. The van der Waals surface area contributed by atoms with Crippen molar-refractivity contribution < 1.29 is 0 Å². The zero-order valence-corrected chi connectivity index (χ0v) is 14.5. The van der Waals surface area contributed by atoms with Crippen molar-refractivity contribution in [2.75, 3.05) is 0 Å². The molecule has 1 N–H and O–H groups in total. The van der Waals surface area contributed by atoms with Crippen LogP contribution in [0.5, 0.6) is 0 Å². The van der Waals surface area contributed by atoms with Crippen LogP contribution in [-0.4, -0.2) is 20.0 Å². The van der Waals surface area contributed by atoms with Gasteiger partial charge < -0.3 is 4.98 Å². The van der Waals surface area contributed by atoms with Gasteiger partial charge in [0.15, 0.2) is 5.43 Å². The van der Waals surface area contributed by atoms with E-state index >= 15 is 0 Å². The van der Waals surface area contributed by atoms with Gasteiger partial charge in [0.05, 0.1) is 23.1 Å². The molecule has 0 radical (unpaired) electrons. The third-order valence-corrected chi connectivity index (χ3v) is 4.75. The number of aromatic amines is 1. The molecule has 0 unspecified atom stereocenters. The van der Waals surface area contributed by atoms with Gasteiger partial charge in [0.1, 0.15) is 0 Å². The summed E-state index contributed by atoms with van der Waals surface area (Å²) in [5.74, 6) is 0. The van der Waals surface area contributed by atoms with E-state index in [-0.39, 0.29) is 5.43 Å². The third kappa shape index (κ3) is 2.69. The van der Waals surface area contributed by atoms with Gasteiger partial charge in [-0.25, -0.2) is 4.68 Å². The number of para-hydroxylation sites is 2. The van der Waals surface area contributed by atoms with Crippen LogP contribution in [0.4, 0.5) is 0 Å². The van der Waals surface area contributed by atoms with Crippen molar-refractivity contribution in [2.24, 2.45) is 0 Å². The van der Waals surface area contributed by atoms with Gasteiger partial charge in [-0.1, -0.05) is 47.7 Å². The Labute approximate surface area is 154 Å². The van der Waals surface area contributed by atoms with Crippen LogP contribution in [0.1, 0.15) is 11.3 Å². The average Bonchev–Trinajstić information content (AvgIpc) is 3.17. The third-order valence-electron chi connectivity index (χ3n) is 4.75. The molecule has 5 nitrogen and oxygen atoms in total. The highest BCUT2D eigenvalue weighted by Gasteiger charge is 2.11. The number of fused-ring (bicyclic) bond motifs is 2. The first-order chi connectivity index (χ1) is 13.3. The van der Waals surface area contributed by atoms with Crippen LogP contribution < -0.4 is 5.43 Å². The molecule has 27 heavy (non-hydrogen) atoms. The summed E-state index contributed by atoms with van der Waals surface area (Å²) in [5.41, 5.74) is 4.45. The molecule has 0 atom stereocenters. The van der Waals surface area contributed by atoms with Gasteiger partial charge in [0.25, 0.3) is 0 Å². The summed E-state index contributed by atoms with van der Waals surface area (Å²) < 4.78 is 1.75. The molecule has 0 aliphatic heterocycles. The van der Waals surface area contributed by atoms with Crippen LogP contribution in [-0.2, 0) is 6.42 Å². The molecule has 2 heterocycles. The van der Waals surface area contributed by atoms with Crippen molar-refractivity contribution in [3.63, 3.8) is 0 Å². The van der Waals surface area contributed by atoms with Gasteiger partial charge >= 0.3 is 0 Å². The summed E-state index contributed by atoms with van der Waals surface area (Å²) in [6, 6.07) is 23.3. The zero-order valence-electron chi connectivity index (χ0n) is 14.5. The quantitative estimate of drug-likeness (QED) is 0.502. The number of H-pyrrole nitrogens is 1. The first kappa shape index (κ1) is 15.5. The van der Waals surface area contributed by atoms with E-state index in [1.165, 1.54) is 0 Å². The highest BCUT2D eigenvalue weighted by atomic mass is 16.1. The molecule has 0 aliphatic carbocycles. The predicted octanol–water partition coefficient (Wildman–Crippen LogP) is 3.85. The first-order valence-electron chi connectivity index (χ1n) is 8.79. The van der Waals surface area contributed by atoms with Crippen molar-refractivity contribution in [2.45, 2.75) is 6.42 Å². The molecule has 0 saturated heterocycles. The van der Waals surface area contributed by atoms with E-state index in [0.717, 1.165) is 28.0 Å². The number of aromatic nitrogens is 4. The molecule has 0 saturated carbocycles. The van der Waals surface area contributed by atoms with Crippen molar-refractivity contribution in [1.82, 2.24) is 20.0 Å². The molecule has 0 fully saturated rings. The van der Waals surface area contributed by atoms with E-state index in [9.17, 15) is 4.79 Å². The fourth-order valence-corrected chi connectivity index (χ4v) is 3.47. The highest BCUT2D eigenvalue weighted by Crippen LogP contribution is 2.20. The van der Waals surface area contributed by atoms with E-state index in [1.54, 1.807) is 4.68 Å². The molecule has 3 aromatic carbocycles. The van der Waals surface area contributed by atoms with Crippen LogP contribution in [0.15, 0.2) is 83.8 Å². The number of pyridine rings is 1. The largest absolute Gasteiger partial charge is 0.354 e. The minimum atomic E-state index is 0.0467. The van der Waals surface area contributed by atoms with Gasteiger partial charge in [-0.2, -0.15) is 0 Å². The second kappa shape index (κ2) is 6.21. The SMILES string of the molecule is O=c1c2ccccc2[nH]c2cccc(Cc3cn(-c4ccccc4)nn3)c12. The standard InChI is InChI=1S/C22H16N4O/c27-22-18-10-4-5-11-19(18)23-20-12-6-7-15(21(20)22)13-16-14-26(25-24-16)17-8-2-1-3-9-17/h1-12,14H,13H2,(H,23,27). The maximum Gasteiger partial charge on any atom is 0.197 e. The van der Waals surface area contributed by atoms with E-state index in [4.69, 9.17) is 0 Å². The molecule has 2 aromatic heterocycles. The first-order valence-corrected chi connectivity index (χ1v) is 8.79. The minimum absolute atomic E-state index is 0.0467. The van der Waals surface area contributed by atoms with E-state index in [1.807, 2.05) is 79.0 Å². The number of nitrogens with zero attached hydrogens (tertiary/aromatic N) is 3. The molecular weight excluding hydrogens is 336 g/mol. The maximum atomic E-state index is 13.1. The van der Waals surface area contributed by atoms with Crippen molar-refractivity contribution in [3.05, 3.63) is 100 Å². The van der Waals surface area contributed by atoms with Gasteiger partial charge in [-0.05, 0) is 35.9 Å². The fraction of sp³-hybridized carbons (Fsp3) is 0.0455. The summed E-state index contributed by atoms with van der Waals surface area (Å²) in [4.78, 5) is 16.4. The summed E-state index contributed by atoms with van der Waals surface area (Å²) in [5, 5.41) is 9.92. The Kier molecular flexibility index (Phi) is 3.57. The molecule has 5 rings (SSSR count). The van der Waals surface area contributed by atoms with Crippen LogP contribution >= 0.6 is 0 Å². The summed E-state index contributed by atoms with van der Waals surface area (Å²) >= 11 is 0. The molecule has 0 spiro atoms. The number of hydrogen-bond donors (Lipinski definition) is 1. The lowest BCUT2D eigenvalue weighted by molar-refractivity contribution is 0.799. The zero-order chi connectivity index (χ0) is 18.2. The molecule has 130 valence electrons. The summed E-state index contributed by atoms with van der Waals surface area (Å²) in [7, 11) is 0. The summed E-state index contributed by atoms with van der Waals surface area (Å²) in [6.45, 7) is 0. The van der Waals surface area contributed by atoms with Crippen molar-refractivity contribution in [1.29, 1.82) is 0 Å². The van der Waals surface area contributed by atoms with Crippen molar-refractivity contribution >= 4 is 21.8 Å². The van der Waals surface area contributed by atoms with Crippen molar-refractivity contribution in [3.8, 4) is 5.69 Å². The smallest absolute Gasteiger partial charge is 0.197 e. The lowest BCUT2D eigenvalue weighted by Crippen LogP contribution is -2.07. The molecule has 5 heteroatoms. The van der Waals surface area contributed by atoms with Crippen LogP contribution in [0, 0.1) is 0 Å². The van der Waals surface area contributed by atoms with Crippen LogP contribution in [0.25, 0.3) is 27.5 Å². The second-order valence-electron chi connectivity index (χ2n) is 6.51. The van der Waals surface area contributed by atoms with Crippen LogP contribution in [0.2, 0.25) is 0 Å². The molecule has 5 aromatic rings. The average molecular weight is 352 g/mol. The lowest BCUT2D eigenvalue weighted by atomic mass is 10.0. The van der Waals surface area contributed by atoms with E-state index in [2.05, 4.69) is 15.3 Å². The Bertz CT molecular complexity index is 1320. The Hall–Kier alpha value is -3.73. The van der Waals surface area contributed by atoms with Gasteiger partial charge in [0, 0.05) is 22.7 Å². The van der Waals surface area contributed by atoms with Gasteiger partial charge in [-0.15, -0.1) is 5.10 Å². The maximum absolute atomic E-state index is 13.1. The topological polar surface area (TPSA) is 63.6 Å². The minimum Gasteiger partial charge on any atom is -0.354 e. The lowest BCUT2D eigenvalue weighted by Gasteiger charge is -2.07. The van der Waals surface area contributed by atoms with Gasteiger partial charge in [0.2, 0.25) is 0 Å². The van der Waals surface area contributed by atoms with E-state index in [0.29, 0.717) is 17.2 Å². The number of benzene rings is 3. The number of nitrogens with one attached hydrogen (secondary N) is 1. The normalized spacial score (nSPS) is 11.3. The molecule has 0 amide bonds. The Morgan fingerprint density at radius 2 is 1.63 bits per heavy atom. The monoisotopic (exact) mass is 352 g/mol. The number of rotatable bonds is 3. The number of hydrogen-bond acceptors (Lipinski definition) is 3. The Morgan fingerprint density at radius 1 is 0.852 bits per heavy atom. The van der Waals surface area contributed by atoms with E-state index < -0.39 is 0 Å². The predicted molar refractivity (Wildman–Crippen MR) is 106 cm³/mol. The van der Waals surface area contributed by atoms with Gasteiger partial charge in [-0.3, -0.25) is 4.79 Å². The molecule has 0 bridgehead atoms. The highest BCUT2D eigenvalue weighted by molar-refractivity contribution is 5.94. The second-order valence-corrected chi connectivity index (χ2v) is 6.51.